The lowest BCUT2D eigenvalue weighted by atomic mass is 10.2. The third kappa shape index (κ3) is 2.42. The van der Waals surface area contributed by atoms with E-state index in [1.165, 1.54) is 0 Å². The molecule has 1 saturated heterocycles. The van der Waals surface area contributed by atoms with Gasteiger partial charge in [-0.05, 0) is 20.3 Å². The van der Waals surface area contributed by atoms with Crippen LogP contribution < -0.4 is 0 Å². The molecule has 0 aromatic carbocycles. The van der Waals surface area contributed by atoms with Crippen LogP contribution in [0.4, 0.5) is 0 Å². The van der Waals surface area contributed by atoms with Crippen molar-refractivity contribution in [3.8, 4) is 0 Å². The lowest BCUT2D eigenvalue weighted by Gasteiger charge is -2.34. The van der Waals surface area contributed by atoms with Crippen molar-refractivity contribution >= 4 is 10.0 Å². The fourth-order valence-electron chi connectivity index (χ4n) is 2.52. The molecule has 0 spiro atoms. The summed E-state index contributed by atoms with van der Waals surface area (Å²) >= 11 is 0. The van der Waals surface area contributed by atoms with Crippen molar-refractivity contribution in [2.24, 2.45) is 7.05 Å². The van der Waals surface area contributed by atoms with Crippen LogP contribution in [-0.2, 0) is 21.8 Å². The van der Waals surface area contributed by atoms with Crippen LogP contribution in [-0.4, -0.2) is 48.3 Å². The third-order valence-electron chi connectivity index (χ3n) is 3.65. The van der Waals surface area contributed by atoms with Crippen molar-refractivity contribution in [3.05, 3.63) is 11.4 Å². The molecule has 19 heavy (non-hydrogen) atoms. The number of rotatable bonds is 3. The maximum Gasteiger partial charge on any atom is 0.247 e. The molecule has 1 fully saturated rings. The van der Waals surface area contributed by atoms with Gasteiger partial charge in [0.25, 0.3) is 0 Å². The molecule has 1 aliphatic heterocycles. The highest BCUT2D eigenvalue weighted by atomic mass is 32.2. The van der Waals surface area contributed by atoms with E-state index >= 15 is 0 Å². The van der Waals surface area contributed by atoms with E-state index in [0.717, 1.165) is 6.42 Å². The van der Waals surface area contributed by atoms with E-state index in [9.17, 15) is 8.42 Å². The first-order valence-electron chi connectivity index (χ1n) is 6.49. The number of ether oxygens (including phenoxy) is 1. The van der Waals surface area contributed by atoms with Crippen LogP contribution in [0.3, 0.4) is 0 Å². The Morgan fingerprint density at radius 2 is 2.11 bits per heavy atom. The van der Waals surface area contributed by atoms with E-state index in [4.69, 9.17) is 4.74 Å². The van der Waals surface area contributed by atoms with Gasteiger partial charge in [0.1, 0.15) is 4.90 Å². The average molecular weight is 287 g/mol. The Morgan fingerprint density at radius 3 is 2.63 bits per heavy atom. The Kier molecular flexibility index (Phi) is 3.98. The van der Waals surface area contributed by atoms with E-state index in [-0.39, 0.29) is 6.04 Å². The van der Waals surface area contributed by atoms with Crippen LogP contribution in [0.5, 0.6) is 0 Å². The van der Waals surface area contributed by atoms with E-state index in [0.29, 0.717) is 36.0 Å². The fraction of sp³-hybridized carbons (Fsp3) is 0.750. The van der Waals surface area contributed by atoms with Gasteiger partial charge < -0.3 is 4.74 Å². The highest BCUT2D eigenvalue weighted by Crippen LogP contribution is 2.26. The van der Waals surface area contributed by atoms with Crippen molar-refractivity contribution in [2.75, 3.05) is 19.8 Å². The minimum Gasteiger partial charge on any atom is -0.378 e. The van der Waals surface area contributed by atoms with Gasteiger partial charge in [0.2, 0.25) is 10.0 Å². The normalized spacial score (nSPS) is 21.8. The van der Waals surface area contributed by atoms with Gasteiger partial charge in [-0.15, -0.1) is 0 Å². The second-order valence-electron chi connectivity index (χ2n) is 4.88. The second kappa shape index (κ2) is 5.22. The number of hydrogen-bond acceptors (Lipinski definition) is 4. The van der Waals surface area contributed by atoms with Crippen LogP contribution in [0, 0.1) is 13.8 Å². The first-order chi connectivity index (χ1) is 8.89. The van der Waals surface area contributed by atoms with Crippen molar-refractivity contribution in [1.82, 2.24) is 14.1 Å². The number of morpholine rings is 1. The van der Waals surface area contributed by atoms with Gasteiger partial charge in [-0.1, -0.05) is 6.92 Å². The molecule has 0 bridgehead atoms. The molecule has 0 saturated carbocycles. The van der Waals surface area contributed by atoms with Gasteiger partial charge in [0.15, 0.2) is 0 Å². The van der Waals surface area contributed by atoms with Crippen molar-refractivity contribution in [1.29, 1.82) is 0 Å². The minimum absolute atomic E-state index is 0.0854. The molecule has 0 radical (unpaired) electrons. The van der Waals surface area contributed by atoms with Crippen LogP contribution in [0.15, 0.2) is 4.90 Å². The monoisotopic (exact) mass is 287 g/mol. The summed E-state index contributed by atoms with van der Waals surface area (Å²) in [5.74, 6) is 0. The maximum absolute atomic E-state index is 12.8. The molecule has 1 aliphatic rings. The summed E-state index contributed by atoms with van der Waals surface area (Å²) < 4.78 is 34.2. The number of nitrogens with zero attached hydrogens (tertiary/aromatic N) is 3. The van der Waals surface area contributed by atoms with Gasteiger partial charge in [-0.2, -0.15) is 9.40 Å². The SMILES string of the molecule is CC[C@H]1COCCN1S(=O)(=O)c1c(C)nn(C)c1C. The summed E-state index contributed by atoms with van der Waals surface area (Å²) in [6, 6.07) is -0.0854. The van der Waals surface area contributed by atoms with E-state index in [1.807, 2.05) is 6.92 Å². The van der Waals surface area contributed by atoms with Crippen LogP contribution >= 0.6 is 0 Å². The number of hydrogen-bond donors (Lipinski definition) is 0. The first-order valence-corrected chi connectivity index (χ1v) is 7.93. The molecular formula is C12H21N3O3S. The molecule has 108 valence electrons. The second-order valence-corrected chi connectivity index (χ2v) is 6.70. The van der Waals surface area contributed by atoms with Crippen LogP contribution in [0.25, 0.3) is 0 Å². The van der Waals surface area contributed by atoms with Gasteiger partial charge in [0.05, 0.1) is 24.6 Å². The molecule has 0 unspecified atom stereocenters. The minimum atomic E-state index is -3.49. The summed E-state index contributed by atoms with van der Waals surface area (Å²) in [5, 5.41) is 4.20. The fourth-order valence-corrected chi connectivity index (χ4v) is 4.59. The molecule has 0 amide bonds. The Balaban J connectivity index is 2.46. The molecule has 7 heteroatoms. The Morgan fingerprint density at radius 1 is 1.42 bits per heavy atom. The van der Waals surface area contributed by atoms with Gasteiger partial charge in [-0.25, -0.2) is 8.42 Å². The highest BCUT2D eigenvalue weighted by molar-refractivity contribution is 7.89. The maximum atomic E-state index is 12.8. The molecular weight excluding hydrogens is 266 g/mol. The molecule has 6 nitrogen and oxygen atoms in total. The lowest BCUT2D eigenvalue weighted by molar-refractivity contribution is 0.0314. The number of aryl methyl sites for hydroxylation is 2. The summed E-state index contributed by atoms with van der Waals surface area (Å²) in [6.45, 7) is 6.83. The van der Waals surface area contributed by atoms with Crippen LogP contribution in [0.2, 0.25) is 0 Å². The van der Waals surface area contributed by atoms with Gasteiger partial charge in [-0.3, -0.25) is 4.68 Å². The summed E-state index contributed by atoms with van der Waals surface area (Å²) in [6.07, 6.45) is 0.748. The van der Waals surface area contributed by atoms with E-state index < -0.39 is 10.0 Å². The molecule has 1 aromatic heterocycles. The van der Waals surface area contributed by atoms with Gasteiger partial charge in [0, 0.05) is 19.6 Å². The third-order valence-corrected chi connectivity index (χ3v) is 5.86. The molecule has 2 heterocycles. The van der Waals surface area contributed by atoms with Crippen molar-refractivity contribution in [3.63, 3.8) is 0 Å². The predicted molar refractivity (Wildman–Crippen MR) is 71.5 cm³/mol. The van der Waals surface area contributed by atoms with Gasteiger partial charge >= 0.3 is 0 Å². The zero-order valence-corrected chi connectivity index (χ0v) is 12.7. The topological polar surface area (TPSA) is 64.4 Å². The quantitative estimate of drug-likeness (QED) is 0.826. The molecule has 1 atom stereocenters. The molecule has 0 aliphatic carbocycles. The summed E-state index contributed by atoms with van der Waals surface area (Å²) in [4.78, 5) is 0.343. The molecule has 1 aromatic rings. The zero-order valence-electron chi connectivity index (χ0n) is 11.9. The molecule has 2 rings (SSSR count). The average Bonchev–Trinajstić information content (AvgIpc) is 2.63. The zero-order chi connectivity index (χ0) is 14.2. The summed E-state index contributed by atoms with van der Waals surface area (Å²) in [7, 11) is -1.73. The van der Waals surface area contributed by atoms with Crippen molar-refractivity contribution < 1.29 is 13.2 Å². The lowest BCUT2D eigenvalue weighted by Crippen LogP contribution is -2.48. The largest absolute Gasteiger partial charge is 0.378 e. The highest BCUT2D eigenvalue weighted by Gasteiger charge is 2.36. The number of sulfonamides is 1. The molecule has 0 N–H and O–H groups in total. The first kappa shape index (κ1) is 14.5. The Hall–Kier alpha value is -0.920. The van der Waals surface area contributed by atoms with E-state index in [2.05, 4.69) is 5.10 Å². The summed E-state index contributed by atoms with van der Waals surface area (Å²) in [5.41, 5.74) is 1.24. The van der Waals surface area contributed by atoms with E-state index in [1.54, 1.807) is 29.9 Å². The standard InChI is InChI=1S/C12H21N3O3S/c1-5-11-8-18-7-6-15(11)19(16,17)12-9(2)13-14(4)10(12)3/h11H,5-8H2,1-4H3/t11-/m0/s1. The Bertz CT molecular complexity index is 565. The van der Waals surface area contributed by atoms with Crippen LogP contribution in [0.1, 0.15) is 24.7 Å². The number of aromatic nitrogens is 2. The predicted octanol–water partition coefficient (Wildman–Crippen LogP) is 0.836. The smallest absolute Gasteiger partial charge is 0.247 e. The van der Waals surface area contributed by atoms with Crippen molar-refractivity contribution in [2.45, 2.75) is 38.1 Å². The Labute approximate surface area is 114 Å².